The zero-order valence-electron chi connectivity index (χ0n) is 19.5. The second-order valence-electron chi connectivity index (χ2n) is 9.27. The molecule has 0 unspecified atom stereocenters. The summed E-state index contributed by atoms with van der Waals surface area (Å²) in [4.78, 5) is 9.37. The van der Waals surface area contributed by atoms with Crippen LogP contribution in [-0.4, -0.2) is 54.1 Å². The van der Waals surface area contributed by atoms with Gasteiger partial charge in [0, 0.05) is 50.5 Å². The van der Waals surface area contributed by atoms with E-state index in [1.807, 2.05) is 18.7 Å². The maximum absolute atomic E-state index is 5.84. The highest BCUT2D eigenvalue weighted by Gasteiger charge is 2.19. The first-order valence-electron chi connectivity index (χ1n) is 12.2. The molecule has 4 heteroatoms. The fourth-order valence-corrected chi connectivity index (χ4v) is 4.96. The van der Waals surface area contributed by atoms with E-state index in [9.17, 15) is 0 Å². The largest absolute Gasteiger partial charge is 0.464 e. The van der Waals surface area contributed by atoms with Crippen molar-refractivity contribution in [3.63, 3.8) is 0 Å². The van der Waals surface area contributed by atoms with Gasteiger partial charge in [0.25, 0.3) is 0 Å². The maximum Gasteiger partial charge on any atom is 0.134 e. The topological polar surface area (TPSA) is 32.5 Å². The van der Waals surface area contributed by atoms with E-state index in [0.717, 1.165) is 31.5 Å². The van der Waals surface area contributed by atoms with Crippen molar-refractivity contribution in [3.05, 3.63) is 90.4 Å². The van der Waals surface area contributed by atoms with Crippen LogP contribution in [0.25, 0.3) is 22.1 Å². The molecule has 3 heterocycles. The van der Waals surface area contributed by atoms with Gasteiger partial charge in [0.2, 0.25) is 0 Å². The van der Waals surface area contributed by atoms with Gasteiger partial charge >= 0.3 is 0 Å². The van der Waals surface area contributed by atoms with Crippen LogP contribution in [0.4, 0.5) is 0 Å². The van der Waals surface area contributed by atoms with Gasteiger partial charge in [-0.15, -0.1) is 0 Å². The molecule has 1 saturated heterocycles. The molecule has 0 amide bonds. The number of fused-ring (bicyclic) bond motifs is 1. The average Bonchev–Trinajstić information content (AvgIpc) is 3.28. The molecule has 1 aliphatic rings. The van der Waals surface area contributed by atoms with Gasteiger partial charge in [-0.05, 0) is 71.8 Å². The van der Waals surface area contributed by atoms with Crippen molar-refractivity contribution < 1.29 is 4.42 Å². The summed E-state index contributed by atoms with van der Waals surface area (Å²) in [6, 6.07) is 21.5. The molecule has 0 N–H and O–H groups in total. The minimum Gasteiger partial charge on any atom is -0.464 e. The molecule has 5 rings (SSSR count). The summed E-state index contributed by atoms with van der Waals surface area (Å²) < 4.78 is 5.84. The van der Waals surface area contributed by atoms with Crippen molar-refractivity contribution in [1.29, 1.82) is 0 Å². The Balaban J connectivity index is 1.11. The summed E-state index contributed by atoms with van der Waals surface area (Å²) in [5.74, 6) is 0.587. The number of hydrogen-bond donors (Lipinski definition) is 0. The summed E-state index contributed by atoms with van der Waals surface area (Å²) in [7, 11) is 0. The van der Waals surface area contributed by atoms with Gasteiger partial charge in [-0.2, -0.15) is 0 Å². The lowest BCUT2D eigenvalue weighted by Crippen LogP contribution is -2.47. The Morgan fingerprint density at radius 2 is 1.64 bits per heavy atom. The fourth-order valence-electron chi connectivity index (χ4n) is 4.96. The van der Waals surface area contributed by atoms with E-state index in [1.54, 1.807) is 0 Å². The fraction of sp³-hybridized carbons (Fsp3) is 0.345. The minimum absolute atomic E-state index is 0.587. The predicted octanol–water partition coefficient (Wildman–Crippen LogP) is 5.85. The Labute approximate surface area is 196 Å². The number of hydrogen-bond acceptors (Lipinski definition) is 4. The van der Waals surface area contributed by atoms with Gasteiger partial charge in [0.1, 0.15) is 5.58 Å². The first-order valence-corrected chi connectivity index (χ1v) is 12.2. The highest BCUT2D eigenvalue weighted by Crippen LogP contribution is 2.28. The molecule has 0 spiro atoms. The smallest absolute Gasteiger partial charge is 0.134 e. The standard InChI is InChI=1S/C29H33N3O/c1-23(24-6-3-2-4-7-24)21-32-18-16-31(17-19-32)15-5-8-27-22-33-29-10-9-26(20-28(27)29)25-11-13-30-14-12-25/h2-4,6-7,9-14,20,22-23H,5,8,15-19,21H2,1H3/t23-/m0/s1. The van der Waals surface area contributed by atoms with Crippen molar-refractivity contribution in [2.24, 2.45) is 0 Å². The average molecular weight is 440 g/mol. The molecule has 4 aromatic rings. The molecule has 0 bridgehead atoms. The quantitative estimate of drug-likeness (QED) is 0.345. The molecule has 1 aliphatic heterocycles. The van der Waals surface area contributed by atoms with Crippen molar-refractivity contribution in [3.8, 4) is 11.1 Å². The number of aryl methyl sites for hydroxylation is 1. The van der Waals surface area contributed by atoms with Crippen LogP contribution < -0.4 is 0 Å². The summed E-state index contributed by atoms with van der Waals surface area (Å²) in [5, 5.41) is 1.24. The maximum atomic E-state index is 5.84. The van der Waals surface area contributed by atoms with Crippen molar-refractivity contribution in [2.45, 2.75) is 25.7 Å². The van der Waals surface area contributed by atoms with Gasteiger partial charge in [-0.25, -0.2) is 0 Å². The zero-order chi connectivity index (χ0) is 22.5. The van der Waals surface area contributed by atoms with E-state index in [1.165, 1.54) is 53.8 Å². The third kappa shape index (κ3) is 5.35. The minimum atomic E-state index is 0.587. The predicted molar refractivity (Wildman–Crippen MR) is 136 cm³/mol. The van der Waals surface area contributed by atoms with E-state index >= 15 is 0 Å². The van der Waals surface area contributed by atoms with Crippen LogP contribution in [0, 0.1) is 0 Å². The van der Waals surface area contributed by atoms with Crippen molar-refractivity contribution in [1.82, 2.24) is 14.8 Å². The zero-order valence-corrected chi connectivity index (χ0v) is 19.5. The monoisotopic (exact) mass is 439 g/mol. The Morgan fingerprint density at radius 1 is 0.879 bits per heavy atom. The van der Waals surface area contributed by atoms with Gasteiger partial charge in [0.05, 0.1) is 6.26 Å². The van der Waals surface area contributed by atoms with Gasteiger partial charge in [0.15, 0.2) is 0 Å². The molecule has 33 heavy (non-hydrogen) atoms. The van der Waals surface area contributed by atoms with Gasteiger partial charge < -0.3 is 14.2 Å². The van der Waals surface area contributed by atoms with Crippen LogP contribution in [-0.2, 0) is 6.42 Å². The van der Waals surface area contributed by atoms with Crippen molar-refractivity contribution in [2.75, 3.05) is 39.3 Å². The Morgan fingerprint density at radius 3 is 2.42 bits per heavy atom. The van der Waals surface area contributed by atoms with Crippen LogP contribution in [0.2, 0.25) is 0 Å². The van der Waals surface area contributed by atoms with Crippen LogP contribution in [0.15, 0.2) is 83.7 Å². The summed E-state index contributed by atoms with van der Waals surface area (Å²) in [5.41, 5.74) is 6.14. The summed E-state index contributed by atoms with van der Waals surface area (Å²) in [6.07, 6.45) is 7.85. The lowest BCUT2D eigenvalue weighted by atomic mass is 10.0. The molecule has 0 saturated carbocycles. The molecule has 2 aromatic heterocycles. The molecule has 2 aromatic carbocycles. The van der Waals surface area contributed by atoms with Crippen molar-refractivity contribution >= 4 is 11.0 Å². The number of piperazine rings is 1. The molecule has 0 aliphatic carbocycles. The van der Waals surface area contributed by atoms with Gasteiger partial charge in [-0.3, -0.25) is 4.98 Å². The van der Waals surface area contributed by atoms with Gasteiger partial charge in [-0.1, -0.05) is 43.3 Å². The third-order valence-electron chi connectivity index (χ3n) is 6.95. The number of aromatic nitrogens is 1. The highest BCUT2D eigenvalue weighted by atomic mass is 16.3. The molecule has 0 radical (unpaired) electrons. The molecule has 1 fully saturated rings. The van der Waals surface area contributed by atoms with Crippen LogP contribution in [0.5, 0.6) is 0 Å². The number of pyridine rings is 1. The molecule has 170 valence electrons. The van der Waals surface area contributed by atoms with Crippen LogP contribution >= 0.6 is 0 Å². The third-order valence-corrected chi connectivity index (χ3v) is 6.95. The second kappa shape index (κ2) is 10.3. The normalized spacial score (nSPS) is 16.3. The van der Waals surface area contributed by atoms with E-state index in [4.69, 9.17) is 4.42 Å². The Hall–Kier alpha value is -2.95. The summed E-state index contributed by atoms with van der Waals surface area (Å²) in [6.45, 7) is 9.32. The van der Waals surface area contributed by atoms with Crippen LogP contribution in [0.1, 0.15) is 30.4 Å². The number of benzene rings is 2. The first kappa shape index (κ1) is 21.9. The first-order chi connectivity index (χ1) is 16.3. The number of furan rings is 1. The van der Waals surface area contributed by atoms with E-state index in [2.05, 4.69) is 82.4 Å². The Kier molecular flexibility index (Phi) is 6.84. The number of rotatable bonds is 8. The second-order valence-corrected chi connectivity index (χ2v) is 9.27. The molecular weight excluding hydrogens is 406 g/mol. The highest BCUT2D eigenvalue weighted by molar-refractivity contribution is 5.86. The molecule has 1 atom stereocenters. The molecule has 4 nitrogen and oxygen atoms in total. The Bertz CT molecular complexity index is 1150. The van der Waals surface area contributed by atoms with E-state index < -0.39 is 0 Å². The lowest BCUT2D eigenvalue weighted by molar-refractivity contribution is 0.127. The number of nitrogens with zero attached hydrogens (tertiary/aromatic N) is 3. The van der Waals surface area contributed by atoms with Crippen LogP contribution in [0.3, 0.4) is 0 Å². The SMILES string of the molecule is C[C@@H](CN1CCN(CCCc2coc3ccc(-c4ccncc4)cc23)CC1)c1ccccc1. The summed E-state index contributed by atoms with van der Waals surface area (Å²) >= 11 is 0. The van der Waals surface area contributed by atoms with E-state index in [-0.39, 0.29) is 0 Å². The van der Waals surface area contributed by atoms with E-state index in [0.29, 0.717) is 5.92 Å². The molecular formula is C29H33N3O. The lowest BCUT2D eigenvalue weighted by Gasteiger charge is -2.36.